The predicted molar refractivity (Wildman–Crippen MR) is 48.0 cm³/mol. The molecule has 0 saturated heterocycles. The van der Waals surface area contributed by atoms with Gasteiger partial charge in [-0.15, -0.1) is 0 Å². The third-order valence-electron chi connectivity index (χ3n) is 1.73. The summed E-state index contributed by atoms with van der Waals surface area (Å²) in [5.41, 5.74) is 1.39. The van der Waals surface area contributed by atoms with Gasteiger partial charge in [0.2, 0.25) is 11.2 Å². The number of hydrogen-bond donors (Lipinski definition) is 1. The van der Waals surface area contributed by atoms with Crippen molar-refractivity contribution < 1.29 is 4.74 Å². The number of aromatic amines is 1. The summed E-state index contributed by atoms with van der Waals surface area (Å²) < 4.78 is 5.05. The fraction of sp³-hybridized carbons (Fsp3) is 0.286. The summed E-state index contributed by atoms with van der Waals surface area (Å²) in [6.07, 6.45) is 0. The molecule has 0 radical (unpaired) electrons. The van der Waals surface area contributed by atoms with Crippen molar-refractivity contribution in [1.29, 1.82) is 0 Å². The number of rotatable bonds is 1. The van der Waals surface area contributed by atoms with Crippen LogP contribution in [-0.2, 0) is 0 Å². The molecule has 0 unspecified atom stereocenters. The summed E-state index contributed by atoms with van der Waals surface area (Å²) in [5, 5.41) is 7.64. The largest absolute Gasteiger partial charge is 0.480 e. The molecule has 2 aromatic rings. The molecule has 0 bridgehead atoms. The number of halogens is 1. The van der Waals surface area contributed by atoms with Crippen LogP contribution in [0.3, 0.4) is 0 Å². The van der Waals surface area contributed by atoms with Crippen LogP contribution in [0, 0.1) is 6.92 Å². The second-order valence-electron chi connectivity index (χ2n) is 2.55. The standard InChI is InChI=1S/C7H7ClN4O/c1-3-4-5(12-11-3)9-7(8)10-6(4)13-2/h1-2H3,(H,9,10,11,12). The van der Waals surface area contributed by atoms with E-state index in [0.29, 0.717) is 11.5 Å². The molecule has 1 N–H and O–H groups in total. The zero-order valence-corrected chi connectivity index (χ0v) is 7.88. The fourth-order valence-electron chi connectivity index (χ4n) is 1.15. The lowest BCUT2D eigenvalue weighted by Crippen LogP contribution is -1.92. The minimum atomic E-state index is 0.135. The van der Waals surface area contributed by atoms with E-state index in [-0.39, 0.29) is 5.28 Å². The van der Waals surface area contributed by atoms with Crippen molar-refractivity contribution >= 4 is 22.6 Å². The molecule has 0 aromatic carbocycles. The molecule has 0 atom stereocenters. The number of aryl methyl sites for hydroxylation is 1. The minimum absolute atomic E-state index is 0.135. The number of ether oxygens (including phenoxy) is 1. The zero-order chi connectivity index (χ0) is 9.42. The van der Waals surface area contributed by atoms with Crippen molar-refractivity contribution in [3.63, 3.8) is 0 Å². The summed E-state index contributed by atoms with van der Waals surface area (Å²) >= 11 is 5.66. The summed E-state index contributed by atoms with van der Waals surface area (Å²) in [4.78, 5) is 7.86. The molecule has 2 aromatic heterocycles. The van der Waals surface area contributed by atoms with Gasteiger partial charge in [-0.1, -0.05) is 0 Å². The van der Waals surface area contributed by atoms with Crippen LogP contribution >= 0.6 is 11.6 Å². The fourth-order valence-corrected chi connectivity index (χ4v) is 1.31. The summed E-state index contributed by atoms with van der Waals surface area (Å²) in [6, 6.07) is 0. The number of aromatic nitrogens is 4. The van der Waals surface area contributed by atoms with Crippen molar-refractivity contribution in [1.82, 2.24) is 20.2 Å². The molecular formula is C7H7ClN4O. The Morgan fingerprint density at radius 3 is 2.85 bits per heavy atom. The van der Waals surface area contributed by atoms with E-state index >= 15 is 0 Å². The third-order valence-corrected chi connectivity index (χ3v) is 1.90. The molecule has 2 heterocycles. The Morgan fingerprint density at radius 2 is 2.15 bits per heavy atom. The minimum Gasteiger partial charge on any atom is -0.480 e. The molecule has 0 amide bonds. The molecule has 0 aliphatic heterocycles. The van der Waals surface area contributed by atoms with Gasteiger partial charge in [-0.05, 0) is 18.5 Å². The molecule has 0 aliphatic carbocycles. The Kier molecular flexibility index (Phi) is 1.81. The first-order chi connectivity index (χ1) is 6.22. The Bertz CT molecular complexity index is 453. The highest BCUT2D eigenvalue weighted by atomic mass is 35.5. The van der Waals surface area contributed by atoms with Crippen LogP contribution in [0.25, 0.3) is 11.0 Å². The molecule has 6 heteroatoms. The van der Waals surface area contributed by atoms with E-state index < -0.39 is 0 Å². The van der Waals surface area contributed by atoms with E-state index in [4.69, 9.17) is 16.3 Å². The lowest BCUT2D eigenvalue weighted by atomic mass is 10.3. The van der Waals surface area contributed by atoms with Crippen LogP contribution in [0.1, 0.15) is 5.69 Å². The molecule has 5 nitrogen and oxygen atoms in total. The second-order valence-corrected chi connectivity index (χ2v) is 2.89. The first kappa shape index (κ1) is 8.25. The Hall–Kier alpha value is -1.36. The lowest BCUT2D eigenvalue weighted by Gasteiger charge is -1.99. The number of nitrogens with zero attached hydrogens (tertiary/aromatic N) is 3. The first-order valence-electron chi connectivity index (χ1n) is 3.64. The van der Waals surface area contributed by atoms with Crippen molar-refractivity contribution in [2.45, 2.75) is 6.92 Å². The maximum atomic E-state index is 5.66. The van der Waals surface area contributed by atoms with Crippen LogP contribution in [0.2, 0.25) is 5.28 Å². The van der Waals surface area contributed by atoms with E-state index in [2.05, 4.69) is 20.2 Å². The van der Waals surface area contributed by atoms with Crippen molar-refractivity contribution in [2.24, 2.45) is 0 Å². The van der Waals surface area contributed by atoms with Gasteiger partial charge in [0.15, 0.2) is 5.65 Å². The van der Waals surface area contributed by atoms with Crippen LogP contribution in [0.5, 0.6) is 5.88 Å². The van der Waals surface area contributed by atoms with Gasteiger partial charge in [0, 0.05) is 5.69 Å². The highest BCUT2D eigenvalue weighted by molar-refractivity contribution is 6.28. The average molecular weight is 199 g/mol. The van der Waals surface area contributed by atoms with Gasteiger partial charge in [-0.3, -0.25) is 5.10 Å². The summed E-state index contributed by atoms with van der Waals surface area (Å²) in [5.74, 6) is 0.446. The normalized spacial score (nSPS) is 10.7. The van der Waals surface area contributed by atoms with Crippen molar-refractivity contribution in [2.75, 3.05) is 7.11 Å². The Labute approximate surface area is 79.1 Å². The smallest absolute Gasteiger partial charge is 0.229 e. The van der Waals surface area contributed by atoms with Crippen LogP contribution in [0.15, 0.2) is 0 Å². The lowest BCUT2D eigenvalue weighted by molar-refractivity contribution is 0.402. The molecule has 0 fully saturated rings. The number of methoxy groups -OCH3 is 1. The monoisotopic (exact) mass is 198 g/mol. The van der Waals surface area contributed by atoms with Crippen LogP contribution in [0.4, 0.5) is 0 Å². The molecular weight excluding hydrogens is 192 g/mol. The second kappa shape index (κ2) is 2.85. The highest BCUT2D eigenvalue weighted by Crippen LogP contribution is 2.24. The van der Waals surface area contributed by atoms with Gasteiger partial charge in [-0.2, -0.15) is 15.1 Å². The van der Waals surface area contributed by atoms with Gasteiger partial charge in [0.25, 0.3) is 0 Å². The first-order valence-corrected chi connectivity index (χ1v) is 4.02. The van der Waals surface area contributed by atoms with Crippen LogP contribution < -0.4 is 4.74 Å². The molecule has 68 valence electrons. The average Bonchev–Trinajstić information content (AvgIpc) is 2.46. The maximum Gasteiger partial charge on any atom is 0.229 e. The van der Waals surface area contributed by atoms with Gasteiger partial charge in [-0.25, -0.2) is 0 Å². The van der Waals surface area contributed by atoms with Gasteiger partial charge < -0.3 is 4.74 Å². The Balaban J connectivity index is 2.85. The predicted octanol–water partition coefficient (Wildman–Crippen LogP) is 1.32. The quantitative estimate of drug-likeness (QED) is 0.702. The summed E-state index contributed by atoms with van der Waals surface area (Å²) in [6.45, 7) is 1.87. The van der Waals surface area contributed by atoms with E-state index in [1.165, 1.54) is 7.11 Å². The molecule has 0 aliphatic rings. The number of H-pyrrole nitrogens is 1. The van der Waals surface area contributed by atoms with Gasteiger partial charge in [0.05, 0.1) is 7.11 Å². The maximum absolute atomic E-state index is 5.66. The molecule has 0 saturated carbocycles. The van der Waals surface area contributed by atoms with E-state index in [0.717, 1.165) is 11.1 Å². The van der Waals surface area contributed by atoms with Crippen molar-refractivity contribution in [3.05, 3.63) is 11.0 Å². The van der Waals surface area contributed by atoms with Gasteiger partial charge >= 0.3 is 0 Å². The topological polar surface area (TPSA) is 63.7 Å². The third kappa shape index (κ3) is 1.21. The highest BCUT2D eigenvalue weighted by Gasteiger charge is 2.11. The number of nitrogens with one attached hydrogen (secondary N) is 1. The van der Waals surface area contributed by atoms with E-state index in [9.17, 15) is 0 Å². The van der Waals surface area contributed by atoms with E-state index in [1.807, 2.05) is 6.92 Å². The number of hydrogen-bond acceptors (Lipinski definition) is 4. The van der Waals surface area contributed by atoms with Crippen molar-refractivity contribution in [3.8, 4) is 5.88 Å². The zero-order valence-electron chi connectivity index (χ0n) is 7.13. The Morgan fingerprint density at radius 1 is 1.38 bits per heavy atom. The van der Waals surface area contributed by atoms with Gasteiger partial charge in [0.1, 0.15) is 5.39 Å². The van der Waals surface area contributed by atoms with E-state index in [1.54, 1.807) is 0 Å². The van der Waals surface area contributed by atoms with Crippen LogP contribution in [-0.4, -0.2) is 27.3 Å². The molecule has 0 spiro atoms. The SMILES string of the molecule is COc1nc(Cl)nc2n[nH]c(C)c12. The molecule has 2 rings (SSSR count). The summed E-state index contributed by atoms with van der Waals surface area (Å²) in [7, 11) is 1.53. The number of fused-ring (bicyclic) bond motifs is 1. The molecule has 13 heavy (non-hydrogen) atoms.